The Labute approximate surface area is 136 Å². The molecule has 0 aromatic heterocycles. The molecule has 3 aromatic carbocycles. The zero-order valence-corrected chi connectivity index (χ0v) is 13.0. The third-order valence-electron chi connectivity index (χ3n) is 3.78. The summed E-state index contributed by atoms with van der Waals surface area (Å²) in [5.74, 6) is 0. The van der Waals surface area contributed by atoms with Gasteiger partial charge < -0.3 is 5.32 Å². The van der Waals surface area contributed by atoms with Gasteiger partial charge in [-0.05, 0) is 34.6 Å². The number of hydrogen-bond donors (Lipinski definition) is 1. The predicted molar refractivity (Wildman–Crippen MR) is 100 cm³/mol. The van der Waals surface area contributed by atoms with Crippen molar-refractivity contribution in [3.05, 3.63) is 102 Å². The van der Waals surface area contributed by atoms with Crippen molar-refractivity contribution in [2.24, 2.45) is 0 Å². The Morgan fingerprint density at radius 2 is 1.35 bits per heavy atom. The van der Waals surface area contributed by atoms with Crippen LogP contribution in [-0.4, -0.2) is 0 Å². The third kappa shape index (κ3) is 3.41. The molecule has 0 amide bonds. The molecule has 0 fully saturated rings. The summed E-state index contributed by atoms with van der Waals surface area (Å²) in [6.07, 6.45) is 1.83. The fraction of sp³-hybridized carbons (Fsp3) is 0. The Morgan fingerprint density at radius 1 is 0.739 bits per heavy atom. The van der Waals surface area contributed by atoms with Crippen LogP contribution in [0.1, 0.15) is 0 Å². The molecule has 3 rings (SSSR count). The molecular formula is C22H19N. The minimum absolute atomic E-state index is 0.961. The molecule has 0 aliphatic rings. The number of hydrogen-bond acceptors (Lipinski definition) is 1. The standard InChI is InChI=1S/C22H19N/c1-3-22(21-12-8-7-9-17(21)2)23-20-15-13-19(14-16-20)18-10-5-4-6-11-18/h3-16,23H,1-2H2/b22-21+. The van der Waals surface area contributed by atoms with Crippen molar-refractivity contribution in [1.29, 1.82) is 0 Å². The Morgan fingerprint density at radius 3 is 2.00 bits per heavy atom. The largest absolute Gasteiger partial charge is 0.355 e. The van der Waals surface area contributed by atoms with Gasteiger partial charge in [-0.2, -0.15) is 0 Å². The lowest BCUT2D eigenvalue weighted by molar-refractivity contribution is 1.47. The molecule has 0 heterocycles. The zero-order chi connectivity index (χ0) is 16.1. The maximum absolute atomic E-state index is 4.08. The molecular weight excluding hydrogens is 278 g/mol. The molecule has 0 atom stereocenters. The Kier molecular flexibility index (Phi) is 4.39. The van der Waals surface area contributed by atoms with Crippen LogP contribution >= 0.6 is 0 Å². The fourth-order valence-electron chi connectivity index (χ4n) is 2.54. The molecule has 0 bridgehead atoms. The van der Waals surface area contributed by atoms with Gasteiger partial charge in [0.1, 0.15) is 0 Å². The zero-order valence-electron chi connectivity index (χ0n) is 13.0. The number of nitrogens with one attached hydrogen (secondary N) is 1. The van der Waals surface area contributed by atoms with E-state index in [9.17, 15) is 0 Å². The third-order valence-corrected chi connectivity index (χ3v) is 3.78. The normalized spacial score (nSPS) is 11.7. The van der Waals surface area contributed by atoms with Crippen LogP contribution in [-0.2, 0) is 0 Å². The molecule has 0 aliphatic heterocycles. The van der Waals surface area contributed by atoms with Gasteiger partial charge in [-0.25, -0.2) is 0 Å². The highest BCUT2D eigenvalue weighted by molar-refractivity contribution is 5.73. The van der Waals surface area contributed by atoms with Crippen molar-refractivity contribution < 1.29 is 0 Å². The minimum atomic E-state index is 0.961. The van der Waals surface area contributed by atoms with Gasteiger partial charge >= 0.3 is 0 Å². The molecule has 0 aliphatic carbocycles. The Bertz CT molecular complexity index is 906. The van der Waals surface area contributed by atoms with Crippen LogP contribution in [0.2, 0.25) is 0 Å². The summed E-state index contributed by atoms with van der Waals surface area (Å²) in [6, 6.07) is 26.8. The van der Waals surface area contributed by atoms with Crippen LogP contribution in [0.25, 0.3) is 23.4 Å². The van der Waals surface area contributed by atoms with Crippen molar-refractivity contribution in [2.45, 2.75) is 0 Å². The van der Waals surface area contributed by atoms with E-state index >= 15 is 0 Å². The Balaban J connectivity index is 1.92. The average Bonchev–Trinajstić information content (AvgIpc) is 2.62. The van der Waals surface area contributed by atoms with E-state index < -0.39 is 0 Å². The van der Waals surface area contributed by atoms with Crippen LogP contribution in [0, 0.1) is 0 Å². The van der Waals surface area contributed by atoms with Crippen molar-refractivity contribution in [3.63, 3.8) is 0 Å². The lowest BCUT2D eigenvalue weighted by atomic mass is 10.1. The smallest absolute Gasteiger partial charge is 0.0457 e. The second kappa shape index (κ2) is 6.80. The highest BCUT2D eigenvalue weighted by Gasteiger charge is 1.99. The molecule has 3 aromatic rings. The summed E-state index contributed by atoms with van der Waals surface area (Å²) < 4.78 is 0. The van der Waals surface area contributed by atoms with E-state index in [1.165, 1.54) is 11.1 Å². The van der Waals surface area contributed by atoms with Gasteiger partial charge in [0, 0.05) is 16.6 Å². The summed E-state index contributed by atoms with van der Waals surface area (Å²) >= 11 is 0. The van der Waals surface area contributed by atoms with Gasteiger partial charge in [0.05, 0.1) is 0 Å². The molecule has 23 heavy (non-hydrogen) atoms. The van der Waals surface area contributed by atoms with Crippen molar-refractivity contribution >= 4 is 18.0 Å². The van der Waals surface area contributed by atoms with Crippen LogP contribution in [0.5, 0.6) is 0 Å². The summed E-state index contributed by atoms with van der Waals surface area (Å²) in [7, 11) is 0. The number of rotatable bonds is 4. The van der Waals surface area contributed by atoms with E-state index in [4.69, 9.17) is 0 Å². The summed E-state index contributed by atoms with van der Waals surface area (Å²) in [4.78, 5) is 0. The molecule has 1 nitrogen and oxygen atoms in total. The van der Waals surface area contributed by atoms with E-state index in [1.54, 1.807) is 0 Å². The van der Waals surface area contributed by atoms with Crippen molar-refractivity contribution in [1.82, 2.24) is 0 Å². The highest BCUT2D eigenvalue weighted by atomic mass is 14.9. The van der Waals surface area contributed by atoms with Crippen LogP contribution in [0.3, 0.4) is 0 Å². The molecule has 1 heteroatoms. The van der Waals surface area contributed by atoms with Crippen LogP contribution in [0.15, 0.2) is 91.5 Å². The van der Waals surface area contributed by atoms with E-state index in [0.29, 0.717) is 0 Å². The summed E-state index contributed by atoms with van der Waals surface area (Å²) in [6.45, 7) is 7.99. The molecule has 0 saturated heterocycles. The van der Waals surface area contributed by atoms with Gasteiger partial charge in [-0.1, -0.05) is 79.9 Å². The first-order chi connectivity index (χ1) is 11.3. The predicted octanol–water partition coefficient (Wildman–Crippen LogP) is 4.17. The quantitative estimate of drug-likeness (QED) is 0.762. The van der Waals surface area contributed by atoms with Gasteiger partial charge in [0.2, 0.25) is 0 Å². The van der Waals surface area contributed by atoms with Gasteiger partial charge in [0.15, 0.2) is 0 Å². The highest BCUT2D eigenvalue weighted by Crippen LogP contribution is 2.21. The first-order valence-corrected chi connectivity index (χ1v) is 7.61. The first kappa shape index (κ1) is 14.9. The average molecular weight is 297 g/mol. The summed E-state index contributed by atoms with van der Waals surface area (Å²) in [5.41, 5.74) is 4.41. The van der Waals surface area contributed by atoms with E-state index in [1.807, 2.05) is 36.4 Å². The molecule has 0 unspecified atom stereocenters. The Hall–Kier alpha value is -3.06. The lowest BCUT2D eigenvalue weighted by Gasteiger charge is -2.09. The van der Waals surface area contributed by atoms with E-state index in [-0.39, 0.29) is 0 Å². The van der Waals surface area contributed by atoms with Gasteiger partial charge in [0.25, 0.3) is 0 Å². The molecule has 112 valence electrons. The van der Waals surface area contributed by atoms with Crippen LogP contribution < -0.4 is 15.8 Å². The monoisotopic (exact) mass is 297 g/mol. The fourth-order valence-corrected chi connectivity index (χ4v) is 2.54. The SMILES string of the molecule is C=C/C(Nc1ccc(-c2ccccc2)cc1)=c1/ccccc1=C. The van der Waals surface area contributed by atoms with E-state index in [2.05, 4.69) is 67.0 Å². The molecule has 0 radical (unpaired) electrons. The second-order valence-corrected chi connectivity index (χ2v) is 5.34. The summed E-state index contributed by atoms with van der Waals surface area (Å²) in [5, 5.41) is 5.47. The molecule has 0 saturated carbocycles. The second-order valence-electron chi connectivity index (χ2n) is 5.34. The molecule has 1 N–H and O–H groups in total. The van der Waals surface area contributed by atoms with Gasteiger partial charge in [-0.3, -0.25) is 0 Å². The lowest BCUT2D eigenvalue weighted by Crippen LogP contribution is -2.26. The number of anilines is 1. The van der Waals surface area contributed by atoms with Crippen LogP contribution in [0.4, 0.5) is 5.69 Å². The maximum Gasteiger partial charge on any atom is 0.0457 e. The minimum Gasteiger partial charge on any atom is -0.355 e. The number of benzene rings is 3. The van der Waals surface area contributed by atoms with Crippen molar-refractivity contribution in [2.75, 3.05) is 5.32 Å². The topological polar surface area (TPSA) is 12.0 Å². The van der Waals surface area contributed by atoms with E-state index in [0.717, 1.165) is 21.8 Å². The maximum atomic E-state index is 4.08. The van der Waals surface area contributed by atoms with Crippen molar-refractivity contribution in [3.8, 4) is 11.1 Å². The first-order valence-electron chi connectivity index (χ1n) is 7.61. The molecule has 0 spiro atoms. The van der Waals surface area contributed by atoms with Gasteiger partial charge in [-0.15, -0.1) is 0 Å².